The summed E-state index contributed by atoms with van der Waals surface area (Å²) in [5.74, 6) is -0.358. The molecule has 1 aromatic rings. The lowest BCUT2D eigenvalue weighted by Gasteiger charge is -2.17. The van der Waals surface area contributed by atoms with Crippen LogP contribution in [0.4, 0.5) is 4.39 Å². The van der Waals surface area contributed by atoms with Gasteiger partial charge < -0.3 is 14.9 Å². The number of halogens is 1. The molecular formula is C12H17FO3. The normalized spacial score (nSPS) is 11.6. The zero-order valence-electron chi connectivity index (χ0n) is 9.53. The summed E-state index contributed by atoms with van der Waals surface area (Å²) >= 11 is 0. The molecule has 0 radical (unpaired) electrons. The number of hydrogen-bond donors (Lipinski definition) is 2. The van der Waals surface area contributed by atoms with Gasteiger partial charge in [-0.15, -0.1) is 0 Å². The van der Waals surface area contributed by atoms with Crippen molar-refractivity contribution in [3.05, 3.63) is 29.6 Å². The summed E-state index contributed by atoms with van der Waals surface area (Å²) in [7, 11) is 0. The molecule has 0 unspecified atom stereocenters. The van der Waals surface area contributed by atoms with E-state index in [4.69, 9.17) is 9.84 Å². The van der Waals surface area contributed by atoms with E-state index in [1.165, 1.54) is 12.1 Å². The average molecular weight is 228 g/mol. The minimum Gasteiger partial charge on any atom is -0.490 e. The molecule has 0 saturated heterocycles. The first kappa shape index (κ1) is 12.9. The summed E-state index contributed by atoms with van der Waals surface area (Å²) in [5.41, 5.74) is -0.311. The Balaban J connectivity index is 2.55. The molecule has 0 aliphatic rings. The molecule has 0 saturated carbocycles. The van der Waals surface area contributed by atoms with Crippen LogP contribution in [0.25, 0.3) is 0 Å². The highest BCUT2D eigenvalue weighted by molar-refractivity contribution is 5.28. The minimum atomic E-state index is -0.818. The number of hydrogen-bond acceptors (Lipinski definition) is 3. The van der Waals surface area contributed by atoms with Gasteiger partial charge in [0.25, 0.3) is 0 Å². The molecular weight excluding hydrogens is 211 g/mol. The smallest absolute Gasteiger partial charge is 0.165 e. The van der Waals surface area contributed by atoms with Gasteiger partial charge in [-0.1, -0.05) is 6.07 Å². The number of rotatable bonds is 5. The van der Waals surface area contributed by atoms with Crippen LogP contribution in [-0.4, -0.2) is 22.4 Å². The fraction of sp³-hybridized carbons (Fsp3) is 0.500. The van der Waals surface area contributed by atoms with E-state index < -0.39 is 11.4 Å². The molecule has 0 atom stereocenters. The van der Waals surface area contributed by atoms with Crippen molar-refractivity contribution in [3.63, 3.8) is 0 Å². The lowest BCUT2D eigenvalue weighted by atomic mass is 10.1. The first-order chi connectivity index (χ1) is 7.42. The van der Waals surface area contributed by atoms with Crippen molar-refractivity contribution in [2.75, 3.05) is 6.61 Å². The molecule has 0 amide bonds. The second kappa shape index (κ2) is 5.27. The maximum atomic E-state index is 13.4. The second-order valence-corrected chi connectivity index (χ2v) is 4.33. The lowest BCUT2D eigenvalue weighted by Crippen LogP contribution is -2.21. The molecule has 2 N–H and O–H groups in total. The minimum absolute atomic E-state index is 0.140. The fourth-order valence-electron chi connectivity index (χ4n) is 1.17. The summed E-state index contributed by atoms with van der Waals surface area (Å²) in [4.78, 5) is 0. The van der Waals surface area contributed by atoms with Crippen molar-refractivity contribution in [3.8, 4) is 5.75 Å². The SMILES string of the molecule is CC(C)(O)CCOc1ccc(CO)cc1F. The van der Waals surface area contributed by atoms with Gasteiger partial charge in [-0.05, 0) is 31.5 Å². The van der Waals surface area contributed by atoms with E-state index in [1.54, 1.807) is 19.9 Å². The third-order valence-electron chi connectivity index (χ3n) is 2.15. The molecule has 0 bridgehead atoms. The number of benzene rings is 1. The lowest BCUT2D eigenvalue weighted by molar-refractivity contribution is 0.0547. The van der Waals surface area contributed by atoms with Crippen LogP contribution in [0.15, 0.2) is 18.2 Å². The third-order valence-corrected chi connectivity index (χ3v) is 2.15. The number of aliphatic hydroxyl groups excluding tert-OH is 1. The van der Waals surface area contributed by atoms with Crippen LogP contribution in [0, 0.1) is 5.82 Å². The molecule has 16 heavy (non-hydrogen) atoms. The summed E-state index contributed by atoms with van der Waals surface area (Å²) in [6, 6.07) is 4.31. The summed E-state index contributed by atoms with van der Waals surface area (Å²) in [5, 5.41) is 18.2. The quantitative estimate of drug-likeness (QED) is 0.808. The predicted octanol–water partition coefficient (Wildman–Crippen LogP) is 1.86. The van der Waals surface area contributed by atoms with Crippen molar-refractivity contribution >= 4 is 0 Å². The van der Waals surface area contributed by atoms with Crippen LogP contribution in [0.2, 0.25) is 0 Å². The Morgan fingerprint density at radius 3 is 2.56 bits per heavy atom. The Labute approximate surface area is 94.5 Å². The number of aliphatic hydroxyl groups is 2. The number of ether oxygens (including phenoxy) is 1. The van der Waals surface area contributed by atoms with Crippen LogP contribution in [0.5, 0.6) is 5.75 Å². The standard InChI is InChI=1S/C12H17FO3/c1-12(2,15)5-6-16-11-4-3-9(8-14)7-10(11)13/h3-4,7,14-15H,5-6,8H2,1-2H3. The molecule has 0 aliphatic carbocycles. The molecule has 1 aromatic carbocycles. The second-order valence-electron chi connectivity index (χ2n) is 4.33. The zero-order chi connectivity index (χ0) is 12.2. The van der Waals surface area contributed by atoms with Gasteiger partial charge in [0.15, 0.2) is 11.6 Å². The van der Waals surface area contributed by atoms with E-state index in [1.807, 2.05) is 0 Å². The molecule has 0 aliphatic heterocycles. The van der Waals surface area contributed by atoms with E-state index in [2.05, 4.69) is 0 Å². The van der Waals surface area contributed by atoms with E-state index in [9.17, 15) is 9.50 Å². The van der Waals surface area contributed by atoms with Gasteiger partial charge in [0.05, 0.1) is 18.8 Å². The van der Waals surface area contributed by atoms with E-state index in [0.717, 1.165) is 0 Å². The Morgan fingerprint density at radius 2 is 2.06 bits per heavy atom. The molecule has 3 nitrogen and oxygen atoms in total. The van der Waals surface area contributed by atoms with Crippen molar-refractivity contribution in [2.24, 2.45) is 0 Å². The van der Waals surface area contributed by atoms with Crippen LogP contribution in [0.1, 0.15) is 25.8 Å². The summed E-state index contributed by atoms with van der Waals surface area (Å²) in [6.45, 7) is 3.39. The topological polar surface area (TPSA) is 49.7 Å². The molecule has 0 fully saturated rings. The van der Waals surface area contributed by atoms with E-state index in [-0.39, 0.29) is 19.0 Å². The van der Waals surface area contributed by atoms with Crippen LogP contribution in [0.3, 0.4) is 0 Å². The van der Waals surface area contributed by atoms with E-state index in [0.29, 0.717) is 12.0 Å². The molecule has 0 spiro atoms. The molecule has 90 valence electrons. The summed E-state index contributed by atoms with van der Waals surface area (Å²) in [6.07, 6.45) is 0.425. The first-order valence-electron chi connectivity index (χ1n) is 5.17. The van der Waals surface area contributed by atoms with Gasteiger partial charge in [-0.25, -0.2) is 4.39 Å². The van der Waals surface area contributed by atoms with Gasteiger partial charge >= 0.3 is 0 Å². The largest absolute Gasteiger partial charge is 0.490 e. The molecule has 4 heteroatoms. The van der Waals surface area contributed by atoms with E-state index >= 15 is 0 Å². The Hall–Kier alpha value is -1.13. The van der Waals surface area contributed by atoms with Crippen molar-refractivity contribution < 1.29 is 19.3 Å². The Morgan fingerprint density at radius 1 is 1.38 bits per heavy atom. The van der Waals surface area contributed by atoms with Crippen LogP contribution >= 0.6 is 0 Å². The van der Waals surface area contributed by atoms with Gasteiger partial charge in [-0.2, -0.15) is 0 Å². The van der Waals surface area contributed by atoms with Gasteiger partial charge in [0, 0.05) is 6.42 Å². The van der Waals surface area contributed by atoms with Crippen molar-refractivity contribution in [2.45, 2.75) is 32.5 Å². The van der Waals surface area contributed by atoms with Gasteiger partial charge in [-0.3, -0.25) is 0 Å². The van der Waals surface area contributed by atoms with Crippen molar-refractivity contribution in [1.82, 2.24) is 0 Å². The molecule has 0 aromatic heterocycles. The predicted molar refractivity (Wildman–Crippen MR) is 58.7 cm³/mol. The Bertz CT molecular complexity index is 345. The van der Waals surface area contributed by atoms with Gasteiger partial charge in [0.2, 0.25) is 0 Å². The maximum Gasteiger partial charge on any atom is 0.165 e. The highest BCUT2D eigenvalue weighted by Gasteiger charge is 2.13. The molecule has 1 rings (SSSR count). The van der Waals surface area contributed by atoms with Crippen molar-refractivity contribution in [1.29, 1.82) is 0 Å². The first-order valence-corrected chi connectivity index (χ1v) is 5.17. The van der Waals surface area contributed by atoms with Gasteiger partial charge in [0.1, 0.15) is 0 Å². The fourth-order valence-corrected chi connectivity index (χ4v) is 1.17. The third kappa shape index (κ3) is 4.16. The monoisotopic (exact) mass is 228 g/mol. The molecule has 0 heterocycles. The average Bonchev–Trinajstić information content (AvgIpc) is 2.18. The zero-order valence-corrected chi connectivity index (χ0v) is 9.53. The maximum absolute atomic E-state index is 13.4. The highest BCUT2D eigenvalue weighted by Crippen LogP contribution is 2.19. The van der Waals surface area contributed by atoms with Crippen LogP contribution in [-0.2, 0) is 6.61 Å². The van der Waals surface area contributed by atoms with Crippen LogP contribution < -0.4 is 4.74 Å². The Kier molecular flexibility index (Phi) is 4.26. The summed E-state index contributed by atoms with van der Waals surface area (Å²) < 4.78 is 18.6. The highest BCUT2D eigenvalue weighted by atomic mass is 19.1.